The first-order valence-corrected chi connectivity index (χ1v) is 11.3. The van der Waals surface area contributed by atoms with Gasteiger partial charge in [-0.15, -0.1) is 0 Å². The summed E-state index contributed by atoms with van der Waals surface area (Å²) in [4.78, 5) is 42.4. The average Bonchev–Trinajstić information content (AvgIpc) is 2.82. The second-order valence-corrected chi connectivity index (χ2v) is 9.26. The molecule has 0 aliphatic carbocycles. The van der Waals surface area contributed by atoms with Crippen LogP contribution >= 0.6 is 0 Å². The van der Waals surface area contributed by atoms with Crippen molar-refractivity contribution in [3.63, 3.8) is 0 Å². The van der Waals surface area contributed by atoms with Crippen LogP contribution < -0.4 is 10.4 Å². The van der Waals surface area contributed by atoms with Crippen LogP contribution in [0.25, 0.3) is 11.1 Å². The summed E-state index contributed by atoms with van der Waals surface area (Å²) in [7, 11) is 0. The van der Waals surface area contributed by atoms with E-state index in [1.807, 2.05) is 0 Å². The van der Waals surface area contributed by atoms with Gasteiger partial charge in [-0.2, -0.15) is 18.2 Å². The number of rotatable bonds is 5. The number of Topliss-reactive ketones (excluding diaryl/α,β-unsaturated/α-hetero) is 1. The number of halogens is 3. The summed E-state index contributed by atoms with van der Waals surface area (Å²) in [6.45, 7) is 5.99. The topological polar surface area (TPSA) is 88.6 Å². The summed E-state index contributed by atoms with van der Waals surface area (Å²) in [5.41, 5.74) is 1.74. The van der Waals surface area contributed by atoms with E-state index in [1.165, 1.54) is 19.1 Å². The smallest absolute Gasteiger partial charge is 0.434 e. The molecule has 7 nitrogen and oxygen atoms in total. The number of nitrogens with zero attached hydrogens (tertiary/aromatic N) is 2. The molecule has 194 valence electrons. The lowest BCUT2D eigenvalue weighted by Crippen LogP contribution is -2.49. The highest BCUT2D eigenvalue weighted by Crippen LogP contribution is 2.34. The van der Waals surface area contributed by atoms with Crippen LogP contribution in [0.15, 0.2) is 67.0 Å². The van der Waals surface area contributed by atoms with Crippen LogP contribution in [-0.4, -0.2) is 28.4 Å². The standard InChI is InChI=1S/C27H26F3N3O4/c1-17-8-9-21(15-22(17)27(28,29)30)33(25(36)37-26(2,3)4)32-24(35)16-23(34)20-7-5-6-19(14-20)18-10-12-31-13-11-18/h5-15H,16H2,1-4H3,(H,32,35). The van der Waals surface area contributed by atoms with Crippen LogP contribution in [0.5, 0.6) is 0 Å². The van der Waals surface area contributed by atoms with Gasteiger partial charge in [-0.25, -0.2) is 4.79 Å². The fraction of sp³-hybridized carbons (Fsp3) is 0.259. The van der Waals surface area contributed by atoms with E-state index in [4.69, 9.17) is 4.74 Å². The first-order valence-electron chi connectivity index (χ1n) is 11.3. The number of amides is 2. The van der Waals surface area contributed by atoms with Gasteiger partial charge in [0.1, 0.15) is 5.60 Å². The lowest BCUT2D eigenvalue weighted by Gasteiger charge is -2.28. The molecule has 1 heterocycles. The van der Waals surface area contributed by atoms with Crippen LogP contribution in [0.4, 0.5) is 23.7 Å². The zero-order chi connectivity index (χ0) is 27.4. The minimum atomic E-state index is -4.68. The van der Waals surface area contributed by atoms with E-state index in [2.05, 4.69) is 10.4 Å². The van der Waals surface area contributed by atoms with Crippen molar-refractivity contribution in [3.05, 3.63) is 83.7 Å². The molecule has 10 heteroatoms. The number of nitrogens with one attached hydrogen (secondary N) is 1. The van der Waals surface area contributed by atoms with Crippen molar-refractivity contribution in [3.8, 4) is 11.1 Å². The van der Waals surface area contributed by atoms with E-state index >= 15 is 0 Å². The minimum absolute atomic E-state index is 0.0593. The Morgan fingerprint density at radius 1 is 0.946 bits per heavy atom. The minimum Gasteiger partial charge on any atom is -0.442 e. The Kier molecular flexibility index (Phi) is 8.00. The van der Waals surface area contributed by atoms with Crippen LogP contribution in [0, 0.1) is 6.92 Å². The Bertz CT molecular complexity index is 1300. The highest BCUT2D eigenvalue weighted by atomic mass is 19.4. The first-order chi connectivity index (χ1) is 17.2. The van der Waals surface area contributed by atoms with Gasteiger partial charge in [-0.3, -0.25) is 20.0 Å². The predicted octanol–water partition coefficient (Wildman–Crippen LogP) is 6.12. The lowest BCUT2D eigenvalue weighted by molar-refractivity contribution is -0.138. The number of hydrazine groups is 1. The molecular formula is C27H26F3N3O4. The second-order valence-electron chi connectivity index (χ2n) is 9.26. The number of hydrogen-bond acceptors (Lipinski definition) is 5. The number of carbonyl (C=O) groups is 3. The molecule has 2 aromatic carbocycles. The molecule has 0 atom stereocenters. The number of aromatic nitrogens is 1. The molecule has 2 amide bonds. The summed E-state index contributed by atoms with van der Waals surface area (Å²) in [6.07, 6.45) is -3.23. The molecule has 0 aliphatic heterocycles. The molecule has 1 N–H and O–H groups in total. The molecule has 3 aromatic rings. The second kappa shape index (κ2) is 10.8. The first kappa shape index (κ1) is 27.4. The van der Waals surface area contributed by atoms with Crippen molar-refractivity contribution in [2.45, 2.75) is 45.9 Å². The van der Waals surface area contributed by atoms with Crippen molar-refractivity contribution in [2.24, 2.45) is 0 Å². The molecule has 0 saturated heterocycles. The maximum Gasteiger partial charge on any atom is 0.434 e. The summed E-state index contributed by atoms with van der Waals surface area (Å²) in [5, 5.41) is 0.572. The largest absolute Gasteiger partial charge is 0.442 e. The molecule has 0 aliphatic rings. The van der Waals surface area contributed by atoms with E-state index in [0.29, 0.717) is 5.01 Å². The lowest BCUT2D eigenvalue weighted by atomic mass is 10.0. The fourth-order valence-corrected chi connectivity index (χ4v) is 3.41. The van der Waals surface area contributed by atoms with Gasteiger partial charge in [-0.1, -0.05) is 24.3 Å². The number of benzene rings is 2. The third-order valence-corrected chi connectivity index (χ3v) is 5.12. The van der Waals surface area contributed by atoms with Gasteiger partial charge in [0.2, 0.25) is 5.91 Å². The summed E-state index contributed by atoms with van der Waals surface area (Å²) >= 11 is 0. The maximum absolute atomic E-state index is 13.5. The molecular weight excluding hydrogens is 487 g/mol. The van der Waals surface area contributed by atoms with Crippen molar-refractivity contribution in [1.82, 2.24) is 10.4 Å². The molecule has 0 bridgehead atoms. The number of alkyl halides is 3. The van der Waals surface area contributed by atoms with Crippen molar-refractivity contribution in [1.29, 1.82) is 0 Å². The molecule has 37 heavy (non-hydrogen) atoms. The summed E-state index contributed by atoms with van der Waals surface area (Å²) in [5.74, 6) is -1.45. The number of hydrogen-bond donors (Lipinski definition) is 1. The van der Waals surface area contributed by atoms with Gasteiger partial charge in [0.25, 0.3) is 0 Å². The molecule has 0 saturated carbocycles. The molecule has 1 aromatic heterocycles. The highest BCUT2D eigenvalue weighted by Gasteiger charge is 2.34. The number of aryl methyl sites for hydroxylation is 1. The Balaban J connectivity index is 1.84. The number of ether oxygens (including phenoxy) is 1. The van der Waals surface area contributed by atoms with Crippen LogP contribution in [0.1, 0.15) is 48.7 Å². The van der Waals surface area contributed by atoms with Gasteiger partial charge in [0, 0.05) is 18.0 Å². The van der Waals surface area contributed by atoms with E-state index in [-0.39, 0.29) is 16.8 Å². The van der Waals surface area contributed by atoms with E-state index in [1.54, 1.807) is 69.6 Å². The van der Waals surface area contributed by atoms with Gasteiger partial charge >= 0.3 is 12.3 Å². The van der Waals surface area contributed by atoms with E-state index in [0.717, 1.165) is 17.2 Å². The normalized spacial score (nSPS) is 11.5. The Hall–Kier alpha value is -4.21. The quantitative estimate of drug-likeness (QED) is 0.252. The molecule has 3 rings (SSSR count). The molecule has 0 fully saturated rings. The summed E-state index contributed by atoms with van der Waals surface area (Å²) < 4.78 is 45.7. The van der Waals surface area contributed by atoms with Gasteiger partial charge in [-0.05, 0) is 74.7 Å². The number of anilines is 1. The molecule has 0 spiro atoms. The Morgan fingerprint density at radius 2 is 1.62 bits per heavy atom. The molecule has 0 radical (unpaired) electrons. The molecule has 0 unspecified atom stereocenters. The maximum atomic E-state index is 13.5. The van der Waals surface area contributed by atoms with E-state index in [9.17, 15) is 27.6 Å². The Morgan fingerprint density at radius 3 is 2.24 bits per heavy atom. The van der Waals surface area contributed by atoms with Gasteiger partial charge in [0.15, 0.2) is 5.78 Å². The number of ketones is 1. The van der Waals surface area contributed by atoms with Crippen LogP contribution in [0.2, 0.25) is 0 Å². The van der Waals surface area contributed by atoms with Crippen LogP contribution in [-0.2, 0) is 15.7 Å². The Labute approximate surface area is 212 Å². The van der Waals surface area contributed by atoms with Crippen LogP contribution in [0.3, 0.4) is 0 Å². The highest BCUT2D eigenvalue weighted by molar-refractivity contribution is 6.09. The SMILES string of the molecule is Cc1ccc(N(NC(=O)CC(=O)c2cccc(-c3ccncc3)c2)C(=O)OC(C)(C)C)cc1C(F)(F)F. The zero-order valence-electron chi connectivity index (χ0n) is 20.7. The van der Waals surface area contributed by atoms with Gasteiger partial charge in [0.05, 0.1) is 17.7 Å². The summed E-state index contributed by atoms with van der Waals surface area (Å²) in [6, 6.07) is 13.3. The third kappa shape index (κ3) is 7.39. The predicted molar refractivity (Wildman–Crippen MR) is 132 cm³/mol. The fourth-order valence-electron chi connectivity index (χ4n) is 3.41. The third-order valence-electron chi connectivity index (χ3n) is 5.12. The van der Waals surface area contributed by atoms with Gasteiger partial charge < -0.3 is 4.74 Å². The number of carbonyl (C=O) groups excluding carboxylic acids is 3. The average molecular weight is 514 g/mol. The van der Waals surface area contributed by atoms with Crippen molar-refractivity contribution >= 4 is 23.5 Å². The number of pyridine rings is 1. The van der Waals surface area contributed by atoms with E-state index < -0.39 is 41.5 Å². The van der Waals surface area contributed by atoms with Crippen molar-refractivity contribution in [2.75, 3.05) is 5.01 Å². The monoisotopic (exact) mass is 513 g/mol. The van der Waals surface area contributed by atoms with Crippen molar-refractivity contribution < 1.29 is 32.3 Å². The zero-order valence-corrected chi connectivity index (χ0v) is 20.7.